The number of anilines is 1. The van der Waals surface area contributed by atoms with Crippen molar-refractivity contribution in [2.45, 2.75) is 64.7 Å². The van der Waals surface area contributed by atoms with E-state index in [1.807, 2.05) is 24.3 Å². The van der Waals surface area contributed by atoms with Gasteiger partial charge in [0, 0.05) is 12.2 Å². The van der Waals surface area contributed by atoms with Crippen molar-refractivity contribution < 1.29 is 9.15 Å². The quantitative estimate of drug-likeness (QED) is 0.520. The van der Waals surface area contributed by atoms with Gasteiger partial charge in [-0.3, -0.25) is 0 Å². The number of ether oxygens (including phenoxy) is 1. The fourth-order valence-electron chi connectivity index (χ4n) is 2.92. The maximum Gasteiger partial charge on any atom is 0.444 e. The van der Waals surface area contributed by atoms with Crippen molar-refractivity contribution in [1.29, 1.82) is 0 Å². The number of nitrogens with zero attached hydrogens (tertiary/aromatic N) is 2. The Morgan fingerprint density at radius 2 is 1.77 bits per heavy atom. The van der Waals surface area contributed by atoms with Crippen LogP contribution >= 0.6 is 0 Å². The number of benzene rings is 1. The second kappa shape index (κ2) is 11.4. The molecule has 6 heteroatoms. The van der Waals surface area contributed by atoms with E-state index >= 15 is 0 Å². The molecule has 0 radical (unpaired) electrons. The van der Waals surface area contributed by atoms with Crippen molar-refractivity contribution in [3.8, 4) is 11.8 Å². The summed E-state index contributed by atoms with van der Waals surface area (Å²) in [4.78, 5) is 11.8. The summed E-state index contributed by atoms with van der Waals surface area (Å²) in [6.07, 6.45) is 11.8. The first kappa shape index (κ1) is 20.1. The Balaban J connectivity index is 1.69. The van der Waals surface area contributed by atoms with Crippen LogP contribution in [0.15, 0.2) is 33.5 Å². The van der Waals surface area contributed by atoms with Crippen molar-refractivity contribution in [3.63, 3.8) is 0 Å². The van der Waals surface area contributed by atoms with Crippen molar-refractivity contribution >= 4 is 5.69 Å². The van der Waals surface area contributed by atoms with E-state index < -0.39 is 5.76 Å². The lowest BCUT2D eigenvalue weighted by molar-refractivity contribution is 0.282. The van der Waals surface area contributed by atoms with E-state index in [4.69, 9.17) is 9.15 Å². The third-order valence-corrected chi connectivity index (χ3v) is 4.40. The first-order valence-corrected chi connectivity index (χ1v) is 9.73. The van der Waals surface area contributed by atoms with Crippen LogP contribution in [0.1, 0.15) is 64.7 Å². The van der Waals surface area contributed by atoms with Crippen LogP contribution in [-0.4, -0.2) is 23.4 Å². The van der Waals surface area contributed by atoms with Gasteiger partial charge in [-0.2, -0.15) is 4.68 Å². The van der Waals surface area contributed by atoms with Crippen molar-refractivity contribution in [3.05, 3.63) is 34.8 Å². The maximum atomic E-state index is 11.8. The first-order valence-electron chi connectivity index (χ1n) is 9.73. The smallest absolute Gasteiger partial charge is 0.444 e. The van der Waals surface area contributed by atoms with Crippen LogP contribution < -0.4 is 15.8 Å². The van der Waals surface area contributed by atoms with Gasteiger partial charge in [-0.05, 0) is 24.6 Å². The minimum Gasteiger partial charge on any atom is -0.452 e. The van der Waals surface area contributed by atoms with Gasteiger partial charge in [0.25, 0.3) is 0 Å². The molecule has 0 aliphatic carbocycles. The van der Waals surface area contributed by atoms with E-state index in [0.717, 1.165) is 18.7 Å². The van der Waals surface area contributed by atoms with E-state index in [0.29, 0.717) is 5.69 Å². The normalized spacial score (nSPS) is 10.8. The Morgan fingerprint density at radius 3 is 2.42 bits per heavy atom. The van der Waals surface area contributed by atoms with Crippen LogP contribution in [0, 0.1) is 0 Å². The summed E-state index contributed by atoms with van der Waals surface area (Å²) in [6.45, 7) is 3.18. The summed E-state index contributed by atoms with van der Waals surface area (Å²) >= 11 is 0. The zero-order chi connectivity index (χ0) is 18.6. The molecule has 0 bridgehead atoms. The van der Waals surface area contributed by atoms with Gasteiger partial charge >= 0.3 is 11.8 Å². The van der Waals surface area contributed by atoms with Gasteiger partial charge in [0.1, 0.15) is 0 Å². The second-order valence-corrected chi connectivity index (χ2v) is 6.56. The predicted molar refractivity (Wildman–Crippen MR) is 104 cm³/mol. The average Bonchev–Trinajstić information content (AvgIpc) is 3.04. The molecule has 0 saturated heterocycles. The highest BCUT2D eigenvalue weighted by atomic mass is 16.6. The molecular weight excluding hydrogens is 330 g/mol. The molecular formula is C20H31N3O3. The Morgan fingerprint density at radius 1 is 1.08 bits per heavy atom. The van der Waals surface area contributed by atoms with E-state index in [1.165, 1.54) is 63.2 Å². The molecule has 0 fully saturated rings. The summed E-state index contributed by atoms with van der Waals surface area (Å²) in [5.74, 6) is -0.557. The van der Waals surface area contributed by atoms with Crippen LogP contribution in [0.2, 0.25) is 0 Å². The summed E-state index contributed by atoms with van der Waals surface area (Å²) in [5, 5.41) is 7.39. The molecule has 2 aromatic rings. The number of hydrogen-bond donors (Lipinski definition) is 1. The van der Waals surface area contributed by atoms with Crippen LogP contribution in [0.25, 0.3) is 5.69 Å². The minimum atomic E-state index is -0.557. The molecule has 0 aliphatic heterocycles. The van der Waals surface area contributed by atoms with Gasteiger partial charge in [0.15, 0.2) is 0 Å². The topological polar surface area (TPSA) is 69.3 Å². The lowest BCUT2D eigenvalue weighted by atomic mass is 10.1. The molecule has 0 spiro atoms. The molecule has 0 unspecified atom stereocenters. The minimum absolute atomic E-state index is 0.0388. The van der Waals surface area contributed by atoms with E-state index in [-0.39, 0.29) is 6.08 Å². The molecule has 26 heavy (non-hydrogen) atoms. The van der Waals surface area contributed by atoms with Crippen LogP contribution in [0.5, 0.6) is 6.08 Å². The molecule has 0 saturated carbocycles. The molecule has 1 N–H and O–H groups in total. The molecule has 2 rings (SSSR count). The third-order valence-electron chi connectivity index (χ3n) is 4.40. The number of aromatic nitrogens is 2. The molecule has 0 amide bonds. The Hall–Kier alpha value is -2.24. The molecule has 144 valence electrons. The van der Waals surface area contributed by atoms with Crippen molar-refractivity contribution in [1.82, 2.24) is 9.78 Å². The van der Waals surface area contributed by atoms with Gasteiger partial charge in [0.05, 0.1) is 12.8 Å². The first-order chi connectivity index (χ1) is 12.7. The standard InChI is InChI=1S/C20H31N3O3/c1-3-4-5-6-7-8-9-10-11-15-21-17-13-12-14-18(16-17)23-20(24)26-19(22-23)25-2/h12-14,16,21H,3-11,15H2,1-2H3. The summed E-state index contributed by atoms with van der Waals surface area (Å²) in [6, 6.07) is 7.57. The SMILES string of the molecule is CCCCCCCCCCCNc1cccc(-n2nc(OC)oc2=O)c1. The van der Waals surface area contributed by atoms with Crippen LogP contribution in [0.3, 0.4) is 0 Å². The largest absolute Gasteiger partial charge is 0.452 e. The number of methoxy groups -OCH3 is 1. The Bertz CT molecular complexity index is 694. The number of hydrogen-bond acceptors (Lipinski definition) is 5. The fourth-order valence-corrected chi connectivity index (χ4v) is 2.92. The number of unbranched alkanes of at least 4 members (excludes halogenated alkanes) is 8. The molecule has 6 nitrogen and oxygen atoms in total. The zero-order valence-corrected chi connectivity index (χ0v) is 16.0. The summed E-state index contributed by atoms with van der Waals surface area (Å²) in [5.41, 5.74) is 1.62. The fraction of sp³-hybridized carbons (Fsp3) is 0.600. The molecule has 0 atom stereocenters. The van der Waals surface area contributed by atoms with Crippen molar-refractivity contribution in [2.24, 2.45) is 0 Å². The molecule has 1 heterocycles. The van der Waals surface area contributed by atoms with Crippen LogP contribution in [-0.2, 0) is 0 Å². The number of nitrogens with one attached hydrogen (secondary N) is 1. The maximum absolute atomic E-state index is 11.8. The Labute approximate surface area is 155 Å². The summed E-state index contributed by atoms with van der Waals surface area (Å²) in [7, 11) is 1.42. The predicted octanol–water partition coefficient (Wildman–Crippen LogP) is 4.78. The lowest BCUT2D eigenvalue weighted by Crippen LogP contribution is -2.13. The van der Waals surface area contributed by atoms with E-state index in [1.54, 1.807) is 0 Å². The van der Waals surface area contributed by atoms with Gasteiger partial charge in [-0.15, -0.1) is 0 Å². The zero-order valence-electron chi connectivity index (χ0n) is 16.0. The van der Waals surface area contributed by atoms with E-state index in [9.17, 15) is 4.79 Å². The van der Waals surface area contributed by atoms with Gasteiger partial charge in [-0.1, -0.05) is 69.5 Å². The highest BCUT2D eigenvalue weighted by molar-refractivity contribution is 5.50. The molecule has 0 aliphatic rings. The van der Waals surface area contributed by atoms with E-state index in [2.05, 4.69) is 17.3 Å². The lowest BCUT2D eigenvalue weighted by Gasteiger charge is -2.08. The molecule has 1 aromatic carbocycles. The molecule has 1 aromatic heterocycles. The average molecular weight is 361 g/mol. The third kappa shape index (κ3) is 6.58. The van der Waals surface area contributed by atoms with Crippen molar-refractivity contribution in [2.75, 3.05) is 19.0 Å². The summed E-state index contributed by atoms with van der Waals surface area (Å²) < 4.78 is 10.9. The monoisotopic (exact) mass is 361 g/mol. The highest BCUT2D eigenvalue weighted by Crippen LogP contribution is 2.15. The number of rotatable bonds is 13. The second-order valence-electron chi connectivity index (χ2n) is 6.56. The highest BCUT2D eigenvalue weighted by Gasteiger charge is 2.10. The van der Waals surface area contributed by atoms with Gasteiger partial charge in [0.2, 0.25) is 0 Å². The van der Waals surface area contributed by atoms with Gasteiger partial charge in [-0.25, -0.2) is 4.79 Å². The van der Waals surface area contributed by atoms with Gasteiger partial charge < -0.3 is 14.5 Å². The van der Waals surface area contributed by atoms with Crippen LogP contribution in [0.4, 0.5) is 5.69 Å². The Kier molecular flexibility index (Phi) is 8.79.